The molecule has 4 heteroatoms. The molecule has 156 valence electrons. The van der Waals surface area contributed by atoms with E-state index in [1.807, 2.05) is 0 Å². The fourth-order valence-electron chi connectivity index (χ4n) is 4.85. The minimum absolute atomic E-state index is 0.258. The maximum atomic E-state index is 12.2. The molecule has 2 heterocycles. The van der Waals surface area contributed by atoms with E-state index in [2.05, 4.69) is 52.4 Å². The lowest BCUT2D eigenvalue weighted by Crippen LogP contribution is -2.40. The van der Waals surface area contributed by atoms with Crippen molar-refractivity contribution in [3.05, 3.63) is 35.9 Å². The molecule has 2 aliphatic rings. The second-order valence-electron chi connectivity index (χ2n) is 8.64. The number of aryl methyl sites for hydroxylation is 1. The summed E-state index contributed by atoms with van der Waals surface area (Å²) >= 11 is 0. The van der Waals surface area contributed by atoms with Crippen LogP contribution in [0.1, 0.15) is 57.4 Å². The predicted molar refractivity (Wildman–Crippen MR) is 116 cm³/mol. The molecule has 1 atom stereocenters. The van der Waals surface area contributed by atoms with Gasteiger partial charge in [-0.3, -0.25) is 9.69 Å². The van der Waals surface area contributed by atoms with Crippen molar-refractivity contribution < 1.29 is 4.79 Å². The van der Waals surface area contributed by atoms with Gasteiger partial charge in [0.2, 0.25) is 5.91 Å². The van der Waals surface area contributed by atoms with E-state index in [9.17, 15) is 4.79 Å². The van der Waals surface area contributed by atoms with Crippen molar-refractivity contribution in [1.29, 1.82) is 0 Å². The molecule has 0 saturated carbocycles. The molecule has 2 fully saturated rings. The van der Waals surface area contributed by atoms with Crippen molar-refractivity contribution in [2.45, 2.75) is 64.3 Å². The largest absolute Gasteiger partial charge is 0.355 e. The lowest BCUT2D eigenvalue weighted by Gasteiger charge is -2.32. The van der Waals surface area contributed by atoms with E-state index in [4.69, 9.17) is 0 Å². The Morgan fingerprint density at radius 3 is 2.64 bits per heavy atom. The summed E-state index contributed by atoms with van der Waals surface area (Å²) in [4.78, 5) is 17.3. The number of carbonyl (C=O) groups excluding carboxylic acids is 1. The summed E-state index contributed by atoms with van der Waals surface area (Å²) in [5, 5.41) is 3.19. The van der Waals surface area contributed by atoms with Crippen LogP contribution in [0.25, 0.3) is 0 Å². The van der Waals surface area contributed by atoms with Crippen LogP contribution in [0.3, 0.4) is 0 Å². The highest BCUT2D eigenvalue weighted by molar-refractivity contribution is 5.75. The first kappa shape index (κ1) is 21.3. The topological polar surface area (TPSA) is 35.6 Å². The van der Waals surface area contributed by atoms with Gasteiger partial charge in [0, 0.05) is 19.0 Å². The zero-order valence-electron chi connectivity index (χ0n) is 17.7. The Labute approximate surface area is 171 Å². The van der Waals surface area contributed by atoms with Crippen LogP contribution in [0.15, 0.2) is 30.3 Å². The Kier molecular flexibility index (Phi) is 8.81. The monoisotopic (exact) mass is 385 g/mol. The van der Waals surface area contributed by atoms with Crippen LogP contribution in [0.5, 0.6) is 0 Å². The second-order valence-corrected chi connectivity index (χ2v) is 8.64. The summed E-state index contributed by atoms with van der Waals surface area (Å²) < 4.78 is 0. The highest BCUT2D eigenvalue weighted by Crippen LogP contribution is 2.22. The van der Waals surface area contributed by atoms with E-state index in [0.717, 1.165) is 25.4 Å². The Balaban J connectivity index is 1.23. The molecule has 1 aromatic carbocycles. The summed E-state index contributed by atoms with van der Waals surface area (Å²) in [6.45, 7) is 8.97. The van der Waals surface area contributed by atoms with Crippen molar-refractivity contribution in [1.82, 2.24) is 15.1 Å². The molecular weight excluding hydrogens is 346 g/mol. The van der Waals surface area contributed by atoms with Crippen LogP contribution in [-0.4, -0.2) is 61.0 Å². The SMILES string of the molecule is CCN1CCC[C@@H]1CNC(=O)CCC1CCN(CCCc2ccccc2)CC1. The molecule has 1 N–H and O–H groups in total. The van der Waals surface area contributed by atoms with Crippen molar-refractivity contribution in [3.8, 4) is 0 Å². The molecule has 0 spiro atoms. The highest BCUT2D eigenvalue weighted by Gasteiger charge is 2.23. The summed E-state index contributed by atoms with van der Waals surface area (Å²) in [7, 11) is 0. The summed E-state index contributed by atoms with van der Waals surface area (Å²) in [5.41, 5.74) is 1.45. The Morgan fingerprint density at radius 2 is 1.89 bits per heavy atom. The third kappa shape index (κ3) is 6.89. The fraction of sp³-hybridized carbons (Fsp3) is 0.708. The van der Waals surface area contributed by atoms with Gasteiger partial charge in [-0.2, -0.15) is 0 Å². The summed E-state index contributed by atoms with van der Waals surface area (Å²) in [6, 6.07) is 11.4. The van der Waals surface area contributed by atoms with Crippen LogP contribution < -0.4 is 5.32 Å². The molecule has 0 unspecified atom stereocenters. The van der Waals surface area contributed by atoms with Gasteiger partial charge in [0.25, 0.3) is 0 Å². The minimum Gasteiger partial charge on any atom is -0.355 e. The van der Waals surface area contributed by atoms with Crippen LogP contribution in [-0.2, 0) is 11.2 Å². The number of carbonyl (C=O) groups is 1. The third-order valence-corrected chi connectivity index (χ3v) is 6.71. The Morgan fingerprint density at radius 1 is 1.11 bits per heavy atom. The molecule has 4 nitrogen and oxygen atoms in total. The fourth-order valence-corrected chi connectivity index (χ4v) is 4.85. The molecule has 0 aliphatic carbocycles. The number of likely N-dealkylation sites (N-methyl/N-ethyl adjacent to an activating group) is 1. The molecule has 3 rings (SSSR count). The van der Waals surface area contributed by atoms with E-state index in [1.165, 1.54) is 70.3 Å². The van der Waals surface area contributed by atoms with Crippen LogP contribution in [0.4, 0.5) is 0 Å². The first-order valence-electron chi connectivity index (χ1n) is 11.5. The number of hydrogen-bond acceptors (Lipinski definition) is 3. The number of hydrogen-bond donors (Lipinski definition) is 1. The van der Waals surface area contributed by atoms with Gasteiger partial charge < -0.3 is 10.2 Å². The summed E-state index contributed by atoms with van der Waals surface area (Å²) in [6.07, 6.45) is 9.21. The van der Waals surface area contributed by atoms with Crippen LogP contribution in [0, 0.1) is 5.92 Å². The molecule has 1 amide bonds. The van der Waals surface area contributed by atoms with Crippen molar-refractivity contribution >= 4 is 5.91 Å². The van der Waals surface area contributed by atoms with E-state index < -0.39 is 0 Å². The van der Waals surface area contributed by atoms with E-state index in [1.54, 1.807) is 0 Å². The zero-order valence-corrected chi connectivity index (χ0v) is 17.7. The minimum atomic E-state index is 0.258. The zero-order chi connectivity index (χ0) is 19.6. The number of piperidine rings is 1. The predicted octanol–water partition coefficient (Wildman–Crippen LogP) is 3.71. The van der Waals surface area contributed by atoms with Gasteiger partial charge in [-0.1, -0.05) is 37.3 Å². The molecule has 0 bridgehead atoms. The van der Waals surface area contributed by atoms with Gasteiger partial charge in [-0.25, -0.2) is 0 Å². The van der Waals surface area contributed by atoms with Crippen LogP contribution in [0.2, 0.25) is 0 Å². The maximum absolute atomic E-state index is 12.2. The number of rotatable bonds is 10. The van der Waals surface area contributed by atoms with E-state index in [-0.39, 0.29) is 5.91 Å². The molecule has 2 saturated heterocycles. The van der Waals surface area contributed by atoms with Crippen molar-refractivity contribution in [2.24, 2.45) is 5.92 Å². The van der Waals surface area contributed by atoms with E-state index in [0.29, 0.717) is 12.5 Å². The third-order valence-electron chi connectivity index (χ3n) is 6.71. The molecule has 2 aliphatic heterocycles. The maximum Gasteiger partial charge on any atom is 0.220 e. The molecular formula is C24H39N3O. The van der Waals surface area contributed by atoms with E-state index >= 15 is 0 Å². The number of likely N-dealkylation sites (tertiary alicyclic amines) is 2. The lowest BCUT2D eigenvalue weighted by molar-refractivity contribution is -0.121. The van der Waals surface area contributed by atoms with Gasteiger partial charge in [-0.05, 0) is 89.2 Å². The smallest absolute Gasteiger partial charge is 0.220 e. The average molecular weight is 386 g/mol. The van der Waals surface area contributed by atoms with Gasteiger partial charge in [0.15, 0.2) is 0 Å². The Hall–Kier alpha value is -1.39. The number of amides is 1. The summed E-state index contributed by atoms with van der Waals surface area (Å²) in [5.74, 6) is 0.989. The Bertz CT molecular complexity index is 568. The first-order valence-corrected chi connectivity index (χ1v) is 11.5. The first-order chi connectivity index (χ1) is 13.7. The van der Waals surface area contributed by atoms with Crippen molar-refractivity contribution in [3.63, 3.8) is 0 Å². The standard InChI is InChI=1S/C24H39N3O/c1-2-27-17-7-11-23(27)20-25-24(28)13-12-22-14-18-26(19-15-22)16-6-10-21-8-4-3-5-9-21/h3-5,8-9,22-23H,2,6-7,10-20H2,1H3,(H,25,28)/t23-/m1/s1. The molecule has 0 aromatic heterocycles. The van der Waals surface area contributed by atoms with Gasteiger partial charge in [-0.15, -0.1) is 0 Å². The molecule has 1 aromatic rings. The second kappa shape index (κ2) is 11.6. The lowest BCUT2D eigenvalue weighted by atomic mass is 9.92. The number of nitrogens with one attached hydrogen (secondary N) is 1. The number of benzene rings is 1. The normalized spacial score (nSPS) is 21.8. The highest BCUT2D eigenvalue weighted by atomic mass is 16.1. The van der Waals surface area contributed by atoms with Gasteiger partial charge in [0.05, 0.1) is 0 Å². The molecule has 0 radical (unpaired) electrons. The van der Waals surface area contributed by atoms with Gasteiger partial charge in [0.1, 0.15) is 0 Å². The average Bonchev–Trinajstić information content (AvgIpc) is 3.20. The van der Waals surface area contributed by atoms with Gasteiger partial charge >= 0.3 is 0 Å². The van der Waals surface area contributed by atoms with Crippen LogP contribution >= 0.6 is 0 Å². The quantitative estimate of drug-likeness (QED) is 0.667. The molecule has 28 heavy (non-hydrogen) atoms. The van der Waals surface area contributed by atoms with Crippen molar-refractivity contribution in [2.75, 3.05) is 39.3 Å². The number of nitrogens with zero attached hydrogens (tertiary/aromatic N) is 2.